The maximum Gasteiger partial charge on any atom is 0.242 e. The standard InChI is InChI=1S/C14H16N2O3S/c1-16(2)20(17,18)13-7-5-6-12(10-13)11-19-14-8-3-4-9-15-14/h3-10H,11H2,1-2H3. The van der Waals surface area contributed by atoms with Crippen molar-refractivity contribution in [1.82, 2.24) is 9.29 Å². The summed E-state index contributed by atoms with van der Waals surface area (Å²) in [6, 6.07) is 12.1. The molecule has 0 amide bonds. The summed E-state index contributed by atoms with van der Waals surface area (Å²) in [4.78, 5) is 4.30. The molecule has 0 radical (unpaired) electrons. The van der Waals surface area contributed by atoms with Crippen LogP contribution in [0.3, 0.4) is 0 Å². The molecule has 0 aliphatic heterocycles. The van der Waals surface area contributed by atoms with Gasteiger partial charge in [-0.1, -0.05) is 18.2 Å². The van der Waals surface area contributed by atoms with Crippen molar-refractivity contribution >= 4 is 10.0 Å². The highest BCUT2D eigenvalue weighted by molar-refractivity contribution is 7.89. The number of hydrogen-bond acceptors (Lipinski definition) is 4. The van der Waals surface area contributed by atoms with Crippen LogP contribution in [0.25, 0.3) is 0 Å². The van der Waals surface area contributed by atoms with E-state index in [0.29, 0.717) is 5.88 Å². The SMILES string of the molecule is CN(C)S(=O)(=O)c1cccc(COc2ccccn2)c1. The minimum absolute atomic E-state index is 0.254. The second-order valence-electron chi connectivity index (χ2n) is 4.39. The van der Waals surface area contributed by atoms with Crippen molar-refractivity contribution in [3.63, 3.8) is 0 Å². The van der Waals surface area contributed by atoms with Crippen molar-refractivity contribution in [3.8, 4) is 5.88 Å². The van der Waals surface area contributed by atoms with E-state index >= 15 is 0 Å². The van der Waals surface area contributed by atoms with Gasteiger partial charge in [0.05, 0.1) is 4.90 Å². The van der Waals surface area contributed by atoms with E-state index in [0.717, 1.165) is 5.56 Å². The summed E-state index contributed by atoms with van der Waals surface area (Å²) >= 11 is 0. The number of sulfonamides is 1. The lowest BCUT2D eigenvalue weighted by molar-refractivity contribution is 0.293. The first-order valence-corrected chi connectivity index (χ1v) is 7.49. The molecule has 0 aliphatic rings. The molecule has 0 bridgehead atoms. The quantitative estimate of drug-likeness (QED) is 0.844. The van der Waals surface area contributed by atoms with Gasteiger partial charge < -0.3 is 4.74 Å². The third kappa shape index (κ3) is 3.34. The average molecular weight is 292 g/mol. The third-order valence-corrected chi connectivity index (χ3v) is 4.51. The predicted octanol–water partition coefficient (Wildman–Crippen LogP) is 1.91. The molecule has 20 heavy (non-hydrogen) atoms. The Balaban J connectivity index is 2.15. The second-order valence-corrected chi connectivity index (χ2v) is 6.54. The average Bonchev–Trinajstić information content (AvgIpc) is 2.46. The molecule has 1 aromatic carbocycles. The molecule has 6 heteroatoms. The maximum absolute atomic E-state index is 12.0. The smallest absolute Gasteiger partial charge is 0.242 e. The number of ether oxygens (including phenoxy) is 1. The van der Waals surface area contributed by atoms with Crippen LogP contribution in [-0.2, 0) is 16.6 Å². The van der Waals surface area contributed by atoms with E-state index in [1.165, 1.54) is 18.4 Å². The van der Waals surface area contributed by atoms with Crippen LogP contribution in [0.5, 0.6) is 5.88 Å². The fourth-order valence-corrected chi connectivity index (χ4v) is 2.57. The first-order chi connectivity index (χ1) is 9.50. The largest absolute Gasteiger partial charge is 0.473 e. The van der Waals surface area contributed by atoms with Crippen LogP contribution in [0, 0.1) is 0 Å². The Labute approximate surface area is 118 Å². The summed E-state index contributed by atoms with van der Waals surface area (Å²) in [5.41, 5.74) is 0.776. The summed E-state index contributed by atoms with van der Waals surface area (Å²) in [6.07, 6.45) is 1.64. The number of rotatable bonds is 5. The summed E-state index contributed by atoms with van der Waals surface area (Å²) in [7, 11) is -0.408. The van der Waals surface area contributed by atoms with Crippen LogP contribution < -0.4 is 4.74 Å². The highest BCUT2D eigenvalue weighted by Crippen LogP contribution is 2.16. The number of pyridine rings is 1. The molecule has 0 N–H and O–H groups in total. The van der Waals surface area contributed by atoms with Gasteiger partial charge in [-0.25, -0.2) is 17.7 Å². The molecule has 0 saturated carbocycles. The Morgan fingerprint density at radius 3 is 2.60 bits per heavy atom. The molecule has 1 aromatic heterocycles. The lowest BCUT2D eigenvalue weighted by atomic mass is 10.2. The molecule has 0 saturated heterocycles. The maximum atomic E-state index is 12.0. The topological polar surface area (TPSA) is 59.5 Å². The third-order valence-electron chi connectivity index (χ3n) is 2.70. The number of benzene rings is 1. The van der Waals surface area contributed by atoms with Gasteiger partial charge in [0.2, 0.25) is 15.9 Å². The van der Waals surface area contributed by atoms with Gasteiger partial charge in [-0.3, -0.25) is 0 Å². The Morgan fingerprint density at radius 2 is 1.95 bits per heavy atom. The van der Waals surface area contributed by atoms with Gasteiger partial charge in [-0.05, 0) is 23.8 Å². The first-order valence-electron chi connectivity index (χ1n) is 6.05. The number of hydrogen-bond donors (Lipinski definition) is 0. The minimum Gasteiger partial charge on any atom is -0.473 e. The van der Waals surface area contributed by atoms with Crippen LogP contribution in [-0.4, -0.2) is 31.8 Å². The lowest BCUT2D eigenvalue weighted by Crippen LogP contribution is -2.22. The summed E-state index contributed by atoms with van der Waals surface area (Å²) < 4.78 is 30.7. The predicted molar refractivity (Wildman–Crippen MR) is 75.9 cm³/mol. The molecule has 5 nitrogen and oxygen atoms in total. The van der Waals surface area contributed by atoms with Gasteiger partial charge in [-0.2, -0.15) is 0 Å². The first kappa shape index (κ1) is 14.5. The summed E-state index contributed by atoms with van der Waals surface area (Å²) in [5.74, 6) is 0.508. The minimum atomic E-state index is -3.42. The van der Waals surface area contributed by atoms with Gasteiger partial charge in [-0.15, -0.1) is 0 Å². The Bertz CT molecular complexity index is 670. The summed E-state index contributed by atoms with van der Waals surface area (Å²) in [5, 5.41) is 0. The van der Waals surface area contributed by atoms with Crippen molar-refractivity contribution in [2.75, 3.05) is 14.1 Å². The molecule has 0 atom stereocenters. The second kappa shape index (κ2) is 6.02. The normalized spacial score (nSPS) is 11.6. The van der Waals surface area contributed by atoms with Gasteiger partial charge >= 0.3 is 0 Å². The van der Waals surface area contributed by atoms with E-state index < -0.39 is 10.0 Å². The van der Waals surface area contributed by atoms with Crippen molar-refractivity contribution in [2.45, 2.75) is 11.5 Å². The zero-order chi connectivity index (χ0) is 14.6. The van der Waals surface area contributed by atoms with Gasteiger partial charge in [0.15, 0.2) is 0 Å². The molecule has 0 fully saturated rings. The fourth-order valence-electron chi connectivity index (χ4n) is 1.60. The van der Waals surface area contributed by atoms with Gasteiger partial charge in [0.1, 0.15) is 6.61 Å². The molecular formula is C14H16N2O3S. The summed E-state index contributed by atoms with van der Waals surface area (Å²) in [6.45, 7) is 0.272. The molecular weight excluding hydrogens is 276 g/mol. The molecule has 2 rings (SSSR count). The van der Waals surface area contributed by atoms with E-state index in [1.807, 2.05) is 12.1 Å². The van der Waals surface area contributed by atoms with Crippen LogP contribution >= 0.6 is 0 Å². The molecule has 0 aliphatic carbocycles. The van der Waals surface area contributed by atoms with E-state index in [9.17, 15) is 8.42 Å². The molecule has 106 valence electrons. The van der Waals surface area contributed by atoms with Crippen molar-refractivity contribution in [1.29, 1.82) is 0 Å². The van der Waals surface area contributed by atoms with Crippen LogP contribution in [0.1, 0.15) is 5.56 Å². The molecule has 0 unspecified atom stereocenters. The van der Waals surface area contributed by atoms with Crippen LogP contribution in [0.4, 0.5) is 0 Å². The highest BCUT2D eigenvalue weighted by Gasteiger charge is 2.17. The lowest BCUT2D eigenvalue weighted by Gasteiger charge is -2.12. The monoisotopic (exact) mass is 292 g/mol. The Kier molecular flexibility index (Phi) is 4.36. The van der Waals surface area contributed by atoms with Crippen LogP contribution in [0.2, 0.25) is 0 Å². The van der Waals surface area contributed by atoms with E-state index in [4.69, 9.17) is 4.74 Å². The fraction of sp³-hybridized carbons (Fsp3) is 0.214. The zero-order valence-corrected chi connectivity index (χ0v) is 12.2. The Hall–Kier alpha value is -1.92. The number of aromatic nitrogens is 1. The van der Waals surface area contributed by atoms with Crippen LogP contribution in [0.15, 0.2) is 53.6 Å². The molecule has 0 spiro atoms. The number of nitrogens with zero attached hydrogens (tertiary/aromatic N) is 2. The van der Waals surface area contributed by atoms with Crippen molar-refractivity contribution in [2.24, 2.45) is 0 Å². The van der Waals surface area contributed by atoms with E-state index in [1.54, 1.807) is 36.5 Å². The molecule has 2 aromatic rings. The van der Waals surface area contributed by atoms with Crippen molar-refractivity contribution < 1.29 is 13.2 Å². The zero-order valence-electron chi connectivity index (χ0n) is 11.4. The van der Waals surface area contributed by atoms with Crippen molar-refractivity contribution in [3.05, 3.63) is 54.2 Å². The molecule has 1 heterocycles. The van der Waals surface area contributed by atoms with Gasteiger partial charge in [0, 0.05) is 26.4 Å². The van der Waals surface area contributed by atoms with E-state index in [-0.39, 0.29) is 11.5 Å². The highest BCUT2D eigenvalue weighted by atomic mass is 32.2. The Morgan fingerprint density at radius 1 is 1.15 bits per heavy atom. The van der Waals surface area contributed by atoms with Gasteiger partial charge in [0.25, 0.3) is 0 Å². The van der Waals surface area contributed by atoms with E-state index in [2.05, 4.69) is 4.98 Å².